The largest absolute Gasteiger partial charge is 0.493 e. The van der Waals surface area contributed by atoms with E-state index >= 15 is 0 Å². The van der Waals surface area contributed by atoms with Gasteiger partial charge in [-0.25, -0.2) is 0 Å². The average molecular weight is 288 g/mol. The van der Waals surface area contributed by atoms with Crippen molar-refractivity contribution in [1.82, 2.24) is 0 Å². The normalized spacial score (nSPS) is 14.7. The highest BCUT2D eigenvalue weighted by atomic mass is 35.5. The highest BCUT2D eigenvalue weighted by Gasteiger charge is 2.13. The van der Waals surface area contributed by atoms with E-state index in [1.54, 1.807) is 0 Å². The van der Waals surface area contributed by atoms with Crippen molar-refractivity contribution in [2.45, 2.75) is 25.3 Å². The zero-order valence-corrected chi connectivity index (χ0v) is 12.1. The quantitative estimate of drug-likeness (QED) is 0.925. The highest BCUT2D eigenvalue weighted by molar-refractivity contribution is 6.30. The summed E-state index contributed by atoms with van der Waals surface area (Å²) in [4.78, 5) is 0. The molecule has 2 aromatic rings. The summed E-state index contributed by atoms with van der Waals surface area (Å²) in [5, 5.41) is 0.743. The Bertz CT molecular complexity index is 612. The summed E-state index contributed by atoms with van der Waals surface area (Å²) in [6, 6.07) is 14.3. The minimum absolute atomic E-state index is 0.0261. The highest BCUT2D eigenvalue weighted by Crippen LogP contribution is 2.27. The molecular formula is C17H18ClNO. The summed E-state index contributed by atoms with van der Waals surface area (Å²) in [5.74, 6) is 1.04. The number of ether oxygens (including phenoxy) is 1. The van der Waals surface area contributed by atoms with Crippen molar-refractivity contribution >= 4 is 11.6 Å². The zero-order valence-electron chi connectivity index (χ0n) is 11.3. The molecule has 0 aliphatic carbocycles. The maximum atomic E-state index is 6.24. The molecule has 0 saturated carbocycles. The number of hydrogen-bond donors (Lipinski definition) is 1. The first kappa shape index (κ1) is 13.5. The van der Waals surface area contributed by atoms with Gasteiger partial charge >= 0.3 is 0 Å². The van der Waals surface area contributed by atoms with E-state index in [0.29, 0.717) is 0 Å². The molecule has 2 N–H and O–H groups in total. The Balaban J connectivity index is 1.64. The molecule has 0 bridgehead atoms. The Morgan fingerprint density at radius 3 is 2.95 bits per heavy atom. The van der Waals surface area contributed by atoms with E-state index in [2.05, 4.69) is 18.2 Å². The van der Waals surface area contributed by atoms with Crippen LogP contribution in [0.5, 0.6) is 5.75 Å². The summed E-state index contributed by atoms with van der Waals surface area (Å²) >= 11 is 6.00. The van der Waals surface area contributed by atoms with Crippen LogP contribution >= 0.6 is 11.6 Å². The molecular weight excluding hydrogens is 270 g/mol. The topological polar surface area (TPSA) is 35.2 Å². The van der Waals surface area contributed by atoms with Gasteiger partial charge in [0.15, 0.2) is 0 Å². The van der Waals surface area contributed by atoms with Crippen LogP contribution in [0.15, 0.2) is 42.5 Å². The van der Waals surface area contributed by atoms with Crippen LogP contribution < -0.4 is 10.5 Å². The standard InChI is InChI=1S/C17H18ClNO/c18-15-3-1-2-13(11-15)16(19)6-4-12-5-7-17-14(10-12)8-9-20-17/h1-3,5,7,10-11,16H,4,6,8-9,19H2. The molecule has 1 aliphatic heterocycles. The fraction of sp³-hybridized carbons (Fsp3) is 0.294. The van der Waals surface area contributed by atoms with Gasteiger partial charge in [-0.1, -0.05) is 35.9 Å². The molecule has 2 nitrogen and oxygen atoms in total. The van der Waals surface area contributed by atoms with E-state index in [0.717, 1.165) is 42.2 Å². The Kier molecular flexibility index (Phi) is 3.95. The average Bonchev–Trinajstić information content (AvgIpc) is 2.92. The number of hydrogen-bond acceptors (Lipinski definition) is 2. The monoisotopic (exact) mass is 287 g/mol. The number of benzene rings is 2. The van der Waals surface area contributed by atoms with Crippen LogP contribution in [-0.2, 0) is 12.8 Å². The lowest BCUT2D eigenvalue weighted by molar-refractivity contribution is 0.357. The number of rotatable bonds is 4. The minimum atomic E-state index is 0.0261. The van der Waals surface area contributed by atoms with Crippen LogP contribution in [0.1, 0.15) is 29.2 Å². The summed E-state index contributed by atoms with van der Waals surface area (Å²) in [5.41, 5.74) is 9.98. The molecule has 20 heavy (non-hydrogen) atoms. The van der Waals surface area contributed by atoms with Crippen molar-refractivity contribution in [2.75, 3.05) is 6.61 Å². The molecule has 0 spiro atoms. The van der Waals surface area contributed by atoms with Crippen molar-refractivity contribution in [3.63, 3.8) is 0 Å². The molecule has 2 aromatic carbocycles. The second-order valence-corrected chi connectivity index (χ2v) is 5.68. The van der Waals surface area contributed by atoms with Gasteiger partial charge in [-0.2, -0.15) is 0 Å². The third-order valence-corrected chi connectivity index (χ3v) is 4.01. The molecule has 1 atom stereocenters. The first-order chi connectivity index (χ1) is 9.72. The second kappa shape index (κ2) is 5.86. The van der Waals surface area contributed by atoms with Gasteiger partial charge in [0.05, 0.1) is 6.61 Å². The Hall–Kier alpha value is -1.51. The lowest BCUT2D eigenvalue weighted by atomic mass is 9.98. The summed E-state index contributed by atoms with van der Waals surface area (Å²) < 4.78 is 5.52. The van der Waals surface area contributed by atoms with E-state index in [9.17, 15) is 0 Å². The van der Waals surface area contributed by atoms with Crippen LogP contribution in [0.2, 0.25) is 5.02 Å². The third kappa shape index (κ3) is 2.97. The van der Waals surface area contributed by atoms with Gasteiger partial charge < -0.3 is 10.5 Å². The molecule has 3 rings (SSSR count). The Labute approximate surface area is 124 Å². The van der Waals surface area contributed by atoms with E-state index in [1.165, 1.54) is 11.1 Å². The van der Waals surface area contributed by atoms with Crippen molar-refractivity contribution in [1.29, 1.82) is 0 Å². The molecule has 1 unspecified atom stereocenters. The Morgan fingerprint density at radius 2 is 2.10 bits per heavy atom. The molecule has 0 aromatic heterocycles. The molecule has 104 valence electrons. The molecule has 0 amide bonds. The summed E-state index contributed by atoms with van der Waals surface area (Å²) in [6.07, 6.45) is 2.91. The minimum Gasteiger partial charge on any atom is -0.493 e. The van der Waals surface area contributed by atoms with Crippen LogP contribution in [0.4, 0.5) is 0 Å². The number of fused-ring (bicyclic) bond motifs is 1. The molecule has 0 fully saturated rings. The maximum absolute atomic E-state index is 6.24. The summed E-state index contributed by atoms with van der Waals surface area (Å²) in [7, 11) is 0. The molecule has 1 aliphatic rings. The predicted octanol–water partition coefficient (Wildman–Crippen LogP) is 3.91. The molecule has 0 saturated heterocycles. The molecule has 0 radical (unpaired) electrons. The van der Waals surface area contributed by atoms with E-state index in [-0.39, 0.29) is 6.04 Å². The van der Waals surface area contributed by atoms with E-state index in [4.69, 9.17) is 22.1 Å². The van der Waals surface area contributed by atoms with Crippen LogP contribution in [0.3, 0.4) is 0 Å². The fourth-order valence-electron chi connectivity index (χ4n) is 2.62. The van der Waals surface area contributed by atoms with Crippen LogP contribution in [0.25, 0.3) is 0 Å². The molecule has 1 heterocycles. The predicted molar refractivity (Wildman–Crippen MR) is 82.3 cm³/mol. The van der Waals surface area contributed by atoms with Crippen LogP contribution in [0, 0.1) is 0 Å². The van der Waals surface area contributed by atoms with Crippen molar-refractivity contribution < 1.29 is 4.74 Å². The molecule has 3 heteroatoms. The zero-order chi connectivity index (χ0) is 13.9. The van der Waals surface area contributed by atoms with Crippen LogP contribution in [-0.4, -0.2) is 6.61 Å². The van der Waals surface area contributed by atoms with Gasteiger partial charge in [0.25, 0.3) is 0 Å². The van der Waals surface area contributed by atoms with Crippen molar-refractivity contribution in [3.8, 4) is 5.75 Å². The Morgan fingerprint density at radius 1 is 1.20 bits per heavy atom. The van der Waals surface area contributed by atoms with Gasteiger partial charge in [0, 0.05) is 17.5 Å². The van der Waals surface area contributed by atoms with Crippen molar-refractivity contribution in [3.05, 3.63) is 64.2 Å². The van der Waals surface area contributed by atoms with E-state index in [1.807, 2.05) is 24.3 Å². The number of nitrogens with two attached hydrogens (primary N) is 1. The summed E-state index contributed by atoms with van der Waals surface area (Å²) in [6.45, 7) is 0.806. The van der Waals surface area contributed by atoms with Gasteiger partial charge in [0.2, 0.25) is 0 Å². The smallest absolute Gasteiger partial charge is 0.122 e. The number of aryl methyl sites for hydroxylation is 1. The van der Waals surface area contributed by atoms with Gasteiger partial charge in [-0.3, -0.25) is 0 Å². The van der Waals surface area contributed by atoms with E-state index < -0.39 is 0 Å². The first-order valence-electron chi connectivity index (χ1n) is 6.98. The third-order valence-electron chi connectivity index (χ3n) is 3.77. The SMILES string of the molecule is NC(CCc1ccc2c(c1)CCO2)c1cccc(Cl)c1. The van der Waals surface area contributed by atoms with Gasteiger partial charge in [0.1, 0.15) is 5.75 Å². The lowest BCUT2D eigenvalue weighted by Gasteiger charge is -2.12. The van der Waals surface area contributed by atoms with Gasteiger partial charge in [-0.05, 0) is 47.7 Å². The fourth-order valence-corrected chi connectivity index (χ4v) is 2.82. The van der Waals surface area contributed by atoms with Crippen molar-refractivity contribution in [2.24, 2.45) is 5.73 Å². The lowest BCUT2D eigenvalue weighted by Crippen LogP contribution is -2.11. The maximum Gasteiger partial charge on any atom is 0.122 e. The number of halogens is 1. The first-order valence-corrected chi connectivity index (χ1v) is 7.36. The van der Waals surface area contributed by atoms with Gasteiger partial charge in [-0.15, -0.1) is 0 Å². The second-order valence-electron chi connectivity index (χ2n) is 5.24.